The van der Waals surface area contributed by atoms with Gasteiger partial charge in [-0.1, -0.05) is 18.2 Å². The molecular formula is C17H18F3N3O2S. The first-order valence-corrected chi connectivity index (χ1v) is 9.48. The van der Waals surface area contributed by atoms with Gasteiger partial charge in [-0.15, -0.1) is 0 Å². The molecule has 2 heterocycles. The Bertz CT molecular complexity index is 892. The summed E-state index contributed by atoms with van der Waals surface area (Å²) >= 11 is 0. The van der Waals surface area contributed by atoms with E-state index >= 15 is 0 Å². The van der Waals surface area contributed by atoms with E-state index in [1.807, 2.05) is 24.0 Å². The van der Waals surface area contributed by atoms with Crippen molar-refractivity contribution < 1.29 is 21.6 Å². The van der Waals surface area contributed by atoms with Crippen molar-refractivity contribution in [3.63, 3.8) is 0 Å². The summed E-state index contributed by atoms with van der Waals surface area (Å²) in [5.74, 6) is 0.764. The molecule has 1 aliphatic heterocycles. The van der Waals surface area contributed by atoms with Crippen LogP contribution in [0.5, 0.6) is 0 Å². The third-order valence-corrected chi connectivity index (χ3v) is 6.29. The largest absolute Gasteiger partial charge is 0.417 e. The Kier molecular flexibility index (Phi) is 4.94. The van der Waals surface area contributed by atoms with Gasteiger partial charge in [0.1, 0.15) is 5.82 Å². The molecule has 0 bridgehead atoms. The number of aromatic nitrogens is 1. The van der Waals surface area contributed by atoms with Gasteiger partial charge >= 0.3 is 6.18 Å². The summed E-state index contributed by atoms with van der Waals surface area (Å²) in [7, 11) is -4.23. The van der Waals surface area contributed by atoms with Crippen molar-refractivity contribution in [3.8, 4) is 0 Å². The second kappa shape index (κ2) is 6.88. The average molecular weight is 385 g/mol. The van der Waals surface area contributed by atoms with E-state index in [0.717, 1.165) is 27.8 Å². The number of anilines is 1. The molecule has 1 saturated heterocycles. The number of rotatable bonds is 3. The number of piperazine rings is 1. The molecule has 1 aliphatic rings. The molecule has 5 nitrogen and oxygen atoms in total. The molecule has 9 heteroatoms. The monoisotopic (exact) mass is 385 g/mol. The number of benzene rings is 1. The van der Waals surface area contributed by atoms with Crippen LogP contribution < -0.4 is 4.90 Å². The zero-order chi connectivity index (χ0) is 18.9. The maximum Gasteiger partial charge on any atom is 0.417 e. The first kappa shape index (κ1) is 18.7. The van der Waals surface area contributed by atoms with Crippen LogP contribution in [-0.2, 0) is 16.2 Å². The number of halogens is 3. The summed E-state index contributed by atoms with van der Waals surface area (Å²) < 4.78 is 66.1. The van der Waals surface area contributed by atoms with Crippen molar-refractivity contribution in [2.75, 3.05) is 31.1 Å². The van der Waals surface area contributed by atoms with Crippen LogP contribution in [0.2, 0.25) is 0 Å². The lowest BCUT2D eigenvalue weighted by Crippen LogP contribution is -2.49. The smallest absolute Gasteiger partial charge is 0.354 e. The Labute approximate surface area is 150 Å². The third-order valence-electron chi connectivity index (χ3n) is 4.33. The van der Waals surface area contributed by atoms with E-state index < -0.39 is 26.7 Å². The Balaban J connectivity index is 1.83. The molecule has 2 aromatic rings. The van der Waals surface area contributed by atoms with Gasteiger partial charge in [-0.05, 0) is 30.7 Å². The topological polar surface area (TPSA) is 53.5 Å². The molecule has 0 unspecified atom stereocenters. The fourth-order valence-electron chi connectivity index (χ4n) is 3.01. The molecule has 1 aromatic carbocycles. The van der Waals surface area contributed by atoms with Crippen molar-refractivity contribution in [2.45, 2.75) is 18.0 Å². The van der Waals surface area contributed by atoms with Crippen LogP contribution in [0.3, 0.4) is 0 Å². The van der Waals surface area contributed by atoms with E-state index in [4.69, 9.17) is 0 Å². The van der Waals surface area contributed by atoms with Crippen LogP contribution >= 0.6 is 0 Å². The predicted molar refractivity (Wildman–Crippen MR) is 91.4 cm³/mol. The highest BCUT2D eigenvalue weighted by atomic mass is 32.2. The molecule has 1 aromatic heterocycles. The van der Waals surface area contributed by atoms with Crippen molar-refractivity contribution >= 4 is 15.8 Å². The molecule has 0 spiro atoms. The Hall–Kier alpha value is -2.13. The number of sulfonamides is 1. The van der Waals surface area contributed by atoms with E-state index in [2.05, 4.69) is 4.98 Å². The predicted octanol–water partition coefficient (Wildman–Crippen LogP) is 2.92. The summed E-state index contributed by atoms with van der Waals surface area (Å²) in [6.45, 7) is 2.84. The van der Waals surface area contributed by atoms with Gasteiger partial charge in [0.2, 0.25) is 10.0 Å². The molecular weight excluding hydrogens is 367 g/mol. The molecule has 140 valence electrons. The van der Waals surface area contributed by atoms with Crippen LogP contribution in [0, 0.1) is 6.92 Å². The minimum Gasteiger partial charge on any atom is -0.354 e. The van der Waals surface area contributed by atoms with Crippen LogP contribution in [0.1, 0.15) is 11.1 Å². The summed E-state index contributed by atoms with van der Waals surface area (Å²) in [6.07, 6.45) is -3.07. The van der Waals surface area contributed by atoms with Gasteiger partial charge < -0.3 is 4.90 Å². The lowest BCUT2D eigenvalue weighted by molar-refractivity contribution is -0.139. The summed E-state index contributed by atoms with van der Waals surface area (Å²) in [4.78, 5) is 5.55. The Morgan fingerprint density at radius 1 is 1.00 bits per heavy atom. The highest BCUT2D eigenvalue weighted by Gasteiger charge is 2.39. The van der Waals surface area contributed by atoms with Crippen molar-refractivity contribution in [1.82, 2.24) is 9.29 Å². The number of pyridine rings is 1. The second-order valence-electron chi connectivity index (χ2n) is 6.03. The van der Waals surface area contributed by atoms with Crippen molar-refractivity contribution in [1.29, 1.82) is 0 Å². The fraction of sp³-hybridized carbons (Fsp3) is 0.353. The fourth-order valence-corrected chi connectivity index (χ4v) is 4.65. The summed E-state index contributed by atoms with van der Waals surface area (Å²) in [5, 5.41) is 0. The number of aryl methyl sites for hydroxylation is 1. The van der Waals surface area contributed by atoms with E-state index in [9.17, 15) is 21.6 Å². The van der Waals surface area contributed by atoms with Crippen molar-refractivity contribution in [3.05, 3.63) is 53.7 Å². The third kappa shape index (κ3) is 3.54. The Morgan fingerprint density at radius 2 is 1.65 bits per heavy atom. The van der Waals surface area contributed by atoms with Gasteiger partial charge in [0, 0.05) is 32.4 Å². The summed E-state index contributed by atoms with van der Waals surface area (Å²) in [5.41, 5.74) is -0.172. The summed E-state index contributed by atoms with van der Waals surface area (Å²) in [6, 6.07) is 8.01. The number of hydrogen-bond acceptors (Lipinski definition) is 4. The zero-order valence-corrected chi connectivity index (χ0v) is 14.9. The molecule has 1 fully saturated rings. The Morgan fingerprint density at radius 3 is 2.27 bits per heavy atom. The lowest BCUT2D eigenvalue weighted by Gasteiger charge is -2.35. The minimum atomic E-state index is -4.73. The SMILES string of the molecule is Cc1cccnc1N1CCN(S(=O)(=O)c2ccccc2C(F)(F)F)CC1. The van der Waals surface area contributed by atoms with Gasteiger partial charge in [-0.3, -0.25) is 0 Å². The van der Waals surface area contributed by atoms with Crippen LogP contribution in [-0.4, -0.2) is 43.9 Å². The molecule has 0 atom stereocenters. The van der Waals surface area contributed by atoms with Crippen LogP contribution in [0.4, 0.5) is 19.0 Å². The molecule has 0 amide bonds. The van der Waals surface area contributed by atoms with Gasteiger partial charge in [0.25, 0.3) is 0 Å². The van der Waals surface area contributed by atoms with E-state index in [1.54, 1.807) is 6.20 Å². The number of hydrogen-bond donors (Lipinski definition) is 0. The minimum absolute atomic E-state index is 0.102. The highest BCUT2D eigenvalue weighted by molar-refractivity contribution is 7.89. The van der Waals surface area contributed by atoms with Gasteiger partial charge in [-0.25, -0.2) is 13.4 Å². The van der Waals surface area contributed by atoms with E-state index in [1.165, 1.54) is 12.1 Å². The first-order chi connectivity index (χ1) is 12.2. The number of alkyl halides is 3. The lowest BCUT2D eigenvalue weighted by atomic mass is 10.2. The molecule has 3 rings (SSSR count). The standard InChI is InChI=1S/C17H18F3N3O2S/c1-13-5-4-8-21-16(13)22-9-11-23(12-10-22)26(24,25)15-7-3-2-6-14(15)17(18,19)20/h2-8H,9-12H2,1H3. The molecule has 0 N–H and O–H groups in total. The molecule has 0 radical (unpaired) electrons. The highest BCUT2D eigenvalue weighted by Crippen LogP contribution is 2.35. The van der Waals surface area contributed by atoms with Crippen LogP contribution in [0.25, 0.3) is 0 Å². The molecule has 0 aliphatic carbocycles. The quantitative estimate of drug-likeness (QED) is 0.815. The first-order valence-electron chi connectivity index (χ1n) is 8.04. The number of nitrogens with zero attached hydrogens (tertiary/aromatic N) is 3. The van der Waals surface area contributed by atoms with E-state index in [0.29, 0.717) is 13.1 Å². The van der Waals surface area contributed by atoms with E-state index in [-0.39, 0.29) is 13.1 Å². The van der Waals surface area contributed by atoms with Crippen molar-refractivity contribution in [2.24, 2.45) is 0 Å². The normalized spacial score (nSPS) is 16.7. The second-order valence-corrected chi connectivity index (χ2v) is 7.94. The maximum absolute atomic E-state index is 13.2. The van der Waals surface area contributed by atoms with Crippen LogP contribution in [0.15, 0.2) is 47.5 Å². The van der Waals surface area contributed by atoms with Gasteiger partial charge in [0.05, 0.1) is 10.5 Å². The zero-order valence-electron chi connectivity index (χ0n) is 14.1. The maximum atomic E-state index is 13.2. The average Bonchev–Trinajstić information content (AvgIpc) is 2.61. The molecule has 26 heavy (non-hydrogen) atoms. The van der Waals surface area contributed by atoms with Gasteiger partial charge in [0.15, 0.2) is 0 Å². The van der Waals surface area contributed by atoms with Gasteiger partial charge in [-0.2, -0.15) is 17.5 Å². The molecule has 0 saturated carbocycles.